The fraction of sp³-hybridized carbons (Fsp3) is 0.160. The number of aromatic nitrogens is 1. The van der Waals surface area contributed by atoms with Crippen molar-refractivity contribution in [2.75, 3.05) is 18.6 Å². The number of anilines is 1. The van der Waals surface area contributed by atoms with Gasteiger partial charge in [-0.15, -0.1) is 11.3 Å². The summed E-state index contributed by atoms with van der Waals surface area (Å²) in [5, 5.41) is 13.1. The molecule has 1 atom stereocenters. The molecule has 0 spiro atoms. The van der Waals surface area contributed by atoms with Gasteiger partial charge in [0.1, 0.15) is 11.5 Å². The average Bonchev–Trinajstić information content (AvgIpc) is 3.58. The van der Waals surface area contributed by atoms with Gasteiger partial charge in [0.05, 0.1) is 40.4 Å². The van der Waals surface area contributed by atoms with Crippen LogP contribution in [0.2, 0.25) is 0 Å². The van der Waals surface area contributed by atoms with Crippen LogP contribution in [0.15, 0.2) is 71.3 Å². The maximum atomic E-state index is 13.4. The zero-order valence-corrected chi connectivity index (χ0v) is 20.0. The van der Waals surface area contributed by atoms with Crippen LogP contribution >= 0.6 is 22.7 Å². The normalized spacial score (nSPS) is 15.9. The first-order valence-electron chi connectivity index (χ1n) is 10.5. The Morgan fingerprint density at radius 3 is 2.59 bits per heavy atom. The number of Topliss-reactive ketones (excluding diaryl/α,β-unsaturated/α-hetero) is 1. The summed E-state index contributed by atoms with van der Waals surface area (Å²) in [6.07, 6.45) is 0. The highest BCUT2D eigenvalue weighted by molar-refractivity contribution is 7.22. The van der Waals surface area contributed by atoms with Gasteiger partial charge in [-0.05, 0) is 54.3 Å². The van der Waals surface area contributed by atoms with Gasteiger partial charge in [-0.25, -0.2) is 4.98 Å². The Kier molecular flexibility index (Phi) is 5.80. The van der Waals surface area contributed by atoms with Gasteiger partial charge in [0.25, 0.3) is 5.91 Å². The first-order chi connectivity index (χ1) is 16.5. The summed E-state index contributed by atoms with van der Waals surface area (Å²) < 4.78 is 11.7. The lowest BCUT2D eigenvalue weighted by atomic mass is 9.95. The van der Waals surface area contributed by atoms with E-state index in [0.29, 0.717) is 39.2 Å². The number of nitrogens with zero attached hydrogens (tertiary/aromatic N) is 2. The van der Waals surface area contributed by atoms with E-state index in [9.17, 15) is 14.7 Å². The molecule has 0 bridgehead atoms. The van der Waals surface area contributed by atoms with Gasteiger partial charge >= 0.3 is 0 Å². The number of hydrogen-bond donors (Lipinski definition) is 1. The number of thiazole rings is 1. The smallest absolute Gasteiger partial charge is 0.296 e. The number of fused-ring (bicyclic) bond motifs is 1. The van der Waals surface area contributed by atoms with E-state index in [2.05, 4.69) is 4.98 Å². The monoisotopic (exact) mass is 492 g/mol. The molecule has 0 radical (unpaired) electrons. The molecule has 7 nitrogen and oxygen atoms in total. The summed E-state index contributed by atoms with van der Waals surface area (Å²) in [5.74, 6) is -0.260. The summed E-state index contributed by atoms with van der Waals surface area (Å²) in [6.45, 7) is 2.44. The fourth-order valence-corrected chi connectivity index (χ4v) is 5.63. The molecule has 2 aromatic carbocycles. The summed E-state index contributed by atoms with van der Waals surface area (Å²) in [5.41, 5.74) is 1.39. The highest BCUT2D eigenvalue weighted by Gasteiger charge is 2.46. The summed E-state index contributed by atoms with van der Waals surface area (Å²) in [4.78, 5) is 33.2. The third kappa shape index (κ3) is 3.72. The van der Waals surface area contributed by atoms with Crippen molar-refractivity contribution in [3.05, 3.63) is 81.8 Å². The van der Waals surface area contributed by atoms with Gasteiger partial charge < -0.3 is 14.6 Å². The number of aliphatic hydroxyl groups is 1. The third-order valence-electron chi connectivity index (χ3n) is 5.49. The maximum Gasteiger partial charge on any atom is 0.296 e. The van der Waals surface area contributed by atoms with Crippen LogP contribution < -0.4 is 14.4 Å². The lowest BCUT2D eigenvalue weighted by molar-refractivity contribution is -0.117. The number of benzene rings is 2. The van der Waals surface area contributed by atoms with Crippen molar-refractivity contribution in [2.24, 2.45) is 0 Å². The number of aliphatic hydroxyl groups excluding tert-OH is 1. The largest absolute Gasteiger partial charge is 0.503 e. The molecule has 172 valence electrons. The van der Waals surface area contributed by atoms with E-state index in [1.165, 1.54) is 27.6 Å². The minimum absolute atomic E-state index is 0.0341. The maximum absolute atomic E-state index is 13.4. The van der Waals surface area contributed by atoms with E-state index in [0.717, 1.165) is 4.70 Å². The second kappa shape index (κ2) is 8.92. The molecule has 0 saturated heterocycles. The molecule has 2 aromatic heterocycles. The highest BCUT2D eigenvalue weighted by atomic mass is 32.1. The Balaban J connectivity index is 1.64. The Labute approximate surface area is 203 Å². The predicted octanol–water partition coefficient (Wildman–Crippen LogP) is 5.55. The molecule has 1 aliphatic heterocycles. The molecule has 1 amide bonds. The second-order valence-corrected chi connectivity index (χ2v) is 9.44. The number of ketones is 1. The van der Waals surface area contributed by atoms with E-state index in [1.807, 2.05) is 25.1 Å². The van der Waals surface area contributed by atoms with Gasteiger partial charge in [0.2, 0.25) is 5.78 Å². The van der Waals surface area contributed by atoms with Crippen LogP contribution in [0.1, 0.15) is 28.2 Å². The second-order valence-electron chi connectivity index (χ2n) is 7.48. The van der Waals surface area contributed by atoms with Crippen LogP contribution in [0.3, 0.4) is 0 Å². The van der Waals surface area contributed by atoms with Crippen molar-refractivity contribution in [1.29, 1.82) is 0 Å². The van der Waals surface area contributed by atoms with Gasteiger partial charge in [-0.2, -0.15) is 0 Å². The van der Waals surface area contributed by atoms with Gasteiger partial charge in [-0.1, -0.05) is 29.5 Å². The topological polar surface area (TPSA) is 89.0 Å². The summed E-state index contributed by atoms with van der Waals surface area (Å²) >= 11 is 2.56. The predicted molar refractivity (Wildman–Crippen MR) is 132 cm³/mol. The highest BCUT2D eigenvalue weighted by Crippen LogP contribution is 2.45. The van der Waals surface area contributed by atoms with Crippen LogP contribution in [0.25, 0.3) is 10.2 Å². The van der Waals surface area contributed by atoms with Gasteiger partial charge in [0.15, 0.2) is 10.9 Å². The number of carbonyl (C=O) groups is 2. The number of thiophene rings is 1. The SMILES string of the molecule is CCOc1ccc2nc(N3C(=O)C(O)=C(C(=O)c4cccs4)C3c3ccc(OC)cc3)sc2c1. The minimum atomic E-state index is -0.833. The molecule has 34 heavy (non-hydrogen) atoms. The standard InChI is InChI=1S/C25H20N2O5S2/c1-3-32-16-10-11-17-19(13-16)34-25(26-17)27-21(14-6-8-15(31-2)9-7-14)20(23(29)24(27)30)22(28)18-5-4-12-33-18/h4-13,21,29H,3H2,1-2H3. The summed E-state index contributed by atoms with van der Waals surface area (Å²) in [7, 11) is 1.56. The average molecular weight is 493 g/mol. The molecule has 5 rings (SSSR count). The minimum Gasteiger partial charge on any atom is -0.503 e. The molecular weight excluding hydrogens is 472 g/mol. The van der Waals surface area contributed by atoms with E-state index in [1.54, 1.807) is 48.9 Å². The number of carbonyl (C=O) groups excluding carboxylic acids is 2. The van der Waals surface area contributed by atoms with E-state index < -0.39 is 17.7 Å². The molecule has 4 aromatic rings. The fourth-order valence-electron chi connectivity index (χ4n) is 3.93. The Hall–Kier alpha value is -3.69. The number of rotatable bonds is 7. The van der Waals surface area contributed by atoms with Crippen molar-refractivity contribution in [3.8, 4) is 11.5 Å². The Morgan fingerprint density at radius 2 is 1.91 bits per heavy atom. The van der Waals surface area contributed by atoms with Crippen molar-refractivity contribution in [2.45, 2.75) is 13.0 Å². The molecule has 0 fully saturated rings. The number of hydrogen-bond acceptors (Lipinski definition) is 8. The first kappa shape index (κ1) is 22.1. The molecule has 1 aliphatic rings. The molecule has 1 unspecified atom stereocenters. The zero-order chi connectivity index (χ0) is 23.8. The van der Waals surface area contributed by atoms with Crippen LogP contribution in [-0.4, -0.2) is 35.5 Å². The van der Waals surface area contributed by atoms with Crippen molar-refractivity contribution in [3.63, 3.8) is 0 Å². The number of ether oxygens (including phenoxy) is 2. The van der Waals surface area contributed by atoms with E-state index in [4.69, 9.17) is 9.47 Å². The molecule has 0 saturated carbocycles. The molecule has 9 heteroatoms. The zero-order valence-electron chi connectivity index (χ0n) is 18.3. The quantitative estimate of drug-likeness (QED) is 0.340. The Bertz CT molecular complexity index is 1410. The van der Waals surface area contributed by atoms with Crippen LogP contribution in [0, 0.1) is 0 Å². The molecule has 1 N–H and O–H groups in total. The number of methoxy groups -OCH3 is 1. The van der Waals surface area contributed by atoms with Crippen molar-refractivity contribution >= 4 is 49.7 Å². The third-order valence-corrected chi connectivity index (χ3v) is 7.38. The van der Waals surface area contributed by atoms with Crippen LogP contribution in [0.5, 0.6) is 11.5 Å². The van der Waals surface area contributed by atoms with Crippen molar-refractivity contribution < 1.29 is 24.2 Å². The first-order valence-corrected chi connectivity index (χ1v) is 12.2. The molecule has 3 heterocycles. The van der Waals surface area contributed by atoms with E-state index in [-0.39, 0.29) is 11.4 Å². The Morgan fingerprint density at radius 1 is 1.15 bits per heavy atom. The lowest BCUT2D eigenvalue weighted by Gasteiger charge is -2.24. The van der Waals surface area contributed by atoms with Crippen molar-refractivity contribution in [1.82, 2.24) is 4.98 Å². The lowest BCUT2D eigenvalue weighted by Crippen LogP contribution is -2.30. The van der Waals surface area contributed by atoms with Crippen LogP contribution in [-0.2, 0) is 4.79 Å². The van der Waals surface area contributed by atoms with Gasteiger partial charge in [0, 0.05) is 0 Å². The van der Waals surface area contributed by atoms with Gasteiger partial charge in [-0.3, -0.25) is 14.5 Å². The number of amides is 1. The van der Waals surface area contributed by atoms with E-state index >= 15 is 0 Å². The van der Waals surface area contributed by atoms with Crippen LogP contribution in [0.4, 0.5) is 5.13 Å². The molecular formula is C25H20N2O5S2. The summed E-state index contributed by atoms with van der Waals surface area (Å²) in [6, 6.07) is 15.2. The molecule has 0 aliphatic carbocycles.